The molecule has 0 saturated heterocycles. The highest BCUT2D eigenvalue weighted by Crippen LogP contribution is 2.11. The van der Waals surface area contributed by atoms with E-state index in [1.54, 1.807) is 24.3 Å². The number of phenols is 1. The fourth-order valence-corrected chi connectivity index (χ4v) is 1.81. The first kappa shape index (κ1) is 26.9. The molecule has 0 bridgehead atoms. The molecule has 0 aliphatic heterocycles. The standard InChI is InChI=1S/C16H17NO3.C3H8.C2H6.CH4O/c17-15(10-12-6-8-14(18)9-7-12)16(19)20-11-13-4-2-1-3-5-13;1-3-2;2*1-2/h1-9,15,18H,10-11,17H2;3H2,1-2H3;1-2H3;2H,1H3. The molecule has 5 heteroatoms. The van der Waals surface area contributed by atoms with Crippen LogP contribution >= 0.6 is 0 Å². The fraction of sp³-hybridized carbons (Fsp3) is 0.409. The molecular weight excluding hydrogens is 342 g/mol. The third-order valence-corrected chi connectivity index (χ3v) is 2.92. The largest absolute Gasteiger partial charge is 0.508 e. The summed E-state index contributed by atoms with van der Waals surface area (Å²) in [7, 11) is 1.00. The summed E-state index contributed by atoms with van der Waals surface area (Å²) >= 11 is 0. The van der Waals surface area contributed by atoms with Gasteiger partial charge in [0.1, 0.15) is 18.4 Å². The normalized spacial score (nSPS) is 9.89. The van der Waals surface area contributed by atoms with E-state index in [1.807, 2.05) is 44.2 Å². The van der Waals surface area contributed by atoms with Gasteiger partial charge in [0.15, 0.2) is 0 Å². The van der Waals surface area contributed by atoms with Crippen LogP contribution in [0.5, 0.6) is 5.75 Å². The number of ether oxygens (including phenoxy) is 1. The minimum atomic E-state index is -0.705. The van der Waals surface area contributed by atoms with E-state index in [9.17, 15) is 9.90 Å². The highest BCUT2D eigenvalue weighted by Gasteiger charge is 2.15. The van der Waals surface area contributed by atoms with E-state index in [0.29, 0.717) is 6.42 Å². The number of aliphatic hydroxyl groups excluding tert-OH is 1. The molecule has 4 N–H and O–H groups in total. The molecule has 0 heterocycles. The van der Waals surface area contributed by atoms with Crippen LogP contribution in [0.1, 0.15) is 45.2 Å². The van der Waals surface area contributed by atoms with Gasteiger partial charge in [-0.15, -0.1) is 0 Å². The third-order valence-electron chi connectivity index (χ3n) is 2.92. The van der Waals surface area contributed by atoms with E-state index in [4.69, 9.17) is 15.6 Å². The molecule has 1 atom stereocenters. The zero-order valence-corrected chi connectivity index (χ0v) is 17.2. The van der Waals surface area contributed by atoms with Gasteiger partial charge in [0, 0.05) is 7.11 Å². The molecule has 27 heavy (non-hydrogen) atoms. The lowest BCUT2D eigenvalue weighted by Crippen LogP contribution is -2.34. The van der Waals surface area contributed by atoms with Gasteiger partial charge >= 0.3 is 5.97 Å². The monoisotopic (exact) mass is 377 g/mol. The zero-order valence-electron chi connectivity index (χ0n) is 17.2. The van der Waals surface area contributed by atoms with Crippen LogP contribution in [0, 0.1) is 0 Å². The minimum Gasteiger partial charge on any atom is -0.508 e. The van der Waals surface area contributed by atoms with Gasteiger partial charge in [-0.1, -0.05) is 76.6 Å². The number of rotatable bonds is 5. The first-order chi connectivity index (χ1) is 13.1. The topological polar surface area (TPSA) is 92.8 Å². The molecule has 1 unspecified atom stereocenters. The lowest BCUT2D eigenvalue weighted by atomic mass is 10.1. The van der Waals surface area contributed by atoms with E-state index < -0.39 is 12.0 Å². The number of esters is 1. The van der Waals surface area contributed by atoms with Gasteiger partial charge in [0.05, 0.1) is 0 Å². The van der Waals surface area contributed by atoms with Crippen LogP contribution in [0.25, 0.3) is 0 Å². The molecular formula is C22H35NO4. The molecule has 0 amide bonds. The lowest BCUT2D eigenvalue weighted by Gasteiger charge is -2.11. The maximum Gasteiger partial charge on any atom is 0.323 e. The highest BCUT2D eigenvalue weighted by atomic mass is 16.5. The van der Waals surface area contributed by atoms with Gasteiger partial charge in [-0.2, -0.15) is 0 Å². The van der Waals surface area contributed by atoms with E-state index in [-0.39, 0.29) is 12.4 Å². The van der Waals surface area contributed by atoms with Gasteiger partial charge in [-0.3, -0.25) is 4.79 Å². The summed E-state index contributed by atoms with van der Waals surface area (Å²) in [6.07, 6.45) is 1.63. The lowest BCUT2D eigenvalue weighted by molar-refractivity contribution is -0.146. The second-order valence-corrected chi connectivity index (χ2v) is 5.28. The van der Waals surface area contributed by atoms with Crippen LogP contribution in [0.2, 0.25) is 0 Å². The molecule has 0 aromatic heterocycles. The first-order valence-corrected chi connectivity index (χ1v) is 9.25. The smallest absolute Gasteiger partial charge is 0.323 e. The quantitative estimate of drug-likeness (QED) is 0.683. The van der Waals surface area contributed by atoms with Gasteiger partial charge < -0.3 is 20.7 Å². The Morgan fingerprint density at radius 3 is 1.93 bits per heavy atom. The Morgan fingerprint density at radius 1 is 0.963 bits per heavy atom. The van der Waals surface area contributed by atoms with Crippen LogP contribution in [-0.2, 0) is 22.6 Å². The number of hydrogen-bond acceptors (Lipinski definition) is 5. The van der Waals surface area contributed by atoms with Gasteiger partial charge in [-0.05, 0) is 29.7 Å². The van der Waals surface area contributed by atoms with Crippen molar-refractivity contribution < 1.29 is 19.7 Å². The van der Waals surface area contributed by atoms with Crippen molar-refractivity contribution in [2.75, 3.05) is 7.11 Å². The number of benzene rings is 2. The molecule has 0 spiro atoms. The number of carbonyl (C=O) groups is 1. The average Bonchev–Trinajstić information content (AvgIpc) is 2.72. The average molecular weight is 378 g/mol. The van der Waals surface area contributed by atoms with Crippen molar-refractivity contribution in [2.45, 2.75) is 53.2 Å². The van der Waals surface area contributed by atoms with Crippen molar-refractivity contribution in [2.24, 2.45) is 5.73 Å². The predicted octanol–water partition coefficient (Wildman–Crippen LogP) is 4.06. The Labute approximate surface area is 163 Å². The highest BCUT2D eigenvalue weighted by molar-refractivity contribution is 5.75. The van der Waals surface area contributed by atoms with Crippen molar-refractivity contribution in [3.05, 3.63) is 65.7 Å². The molecule has 0 radical (unpaired) electrons. The first-order valence-electron chi connectivity index (χ1n) is 9.25. The Bertz CT molecular complexity index is 571. The molecule has 2 rings (SSSR count). The second-order valence-electron chi connectivity index (χ2n) is 5.28. The summed E-state index contributed by atoms with van der Waals surface area (Å²) in [4.78, 5) is 11.8. The SMILES string of the molecule is CC.CCC.CO.NC(Cc1ccc(O)cc1)C(=O)OCc1ccccc1. The summed E-state index contributed by atoms with van der Waals surface area (Å²) in [6.45, 7) is 8.48. The van der Waals surface area contributed by atoms with Crippen LogP contribution < -0.4 is 5.73 Å². The van der Waals surface area contributed by atoms with Gasteiger partial charge in [0.2, 0.25) is 0 Å². The number of hydrogen-bond donors (Lipinski definition) is 3. The molecule has 5 nitrogen and oxygen atoms in total. The van der Waals surface area contributed by atoms with Crippen LogP contribution in [0.3, 0.4) is 0 Å². The summed E-state index contributed by atoms with van der Waals surface area (Å²) in [5.74, 6) is -0.240. The summed E-state index contributed by atoms with van der Waals surface area (Å²) in [5.41, 5.74) is 7.62. The number of nitrogens with two attached hydrogens (primary N) is 1. The molecule has 152 valence electrons. The van der Waals surface area contributed by atoms with E-state index >= 15 is 0 Å². The number of aliphatic hydroxyl groups is 1. The fourth-order valence-electron chi connectivity index (χ4n) is 1.81. The molecule has 0 aliphatic rings. The Balaban J connectivity index is 0. The van der Waals surface area contributed by atoms with Crippen LogP contribution in [0.4, 0.5) is 0 Å². The Hall–Kier alpha value is -2.37. The Morgan fingerprint density at radius 2 is 1.44 bits per heavy atom. The van der Waals surface area contributed by atoms with E-state index in [0.717, 1.165) is 18.2 Å². The number of carbonyl (C=O) groups excluding carboxylic acids is 1. The third kappa shape index (κ3) is 13.5. The van der Waals surface area contributed by atoms with Crippen LogP contribution in [0.15, 0.2) is 54.6 Å². The number of aromatic hydroxyl groups is 1. The van der Waals surface area contributed by atoms with Crippen molar-refractivity contribution in [3.63, 3.8) is 0 Å². The second kappa shape index (κ2) is 18.4. The van der Waals surface area contributed by atoms with Crippen molar-refractivity contribution in [1.82, 2.24) is 0 Å². The molecule has 0 fully saturated rings. The molecule has 0 aliphatic carbocycles. The van der Waals surface area contributed by atoms with Crippen molar-refractivity contribution in [1.29, 1.82) is 0 Å². The van der Waals surface area contributed by atoms with Gasteiger partial charge in [-0.25, -0.2) is 0 Å². The minimum absolute atomic E-state index is 0.189. The predicted molar refractivity (Wildman–Crippen MR) is 111 cm³/mol. The van der Waals surface area contributed by atoms with Gasteiger partial charge in [0.25, 0.3) is 0 Å². The van der Waals surface area contributed by atoms with E-state index in [2.05, 4.69) is 13.8 Å². The van der Waals surface area contributed by atoms with Crippen molar-refractivity contribution >= 4 is 5.97 Å². The molecule has 2 aromatic rings. The molecule has 2 aromatic carbocycles. The summed E-state index contributed by atoms with van der Waals surface area (Å²) in [6, 6.07) is 15.4. The number of phenolic OH excluding ortho intramolecular Hbond substituents is 1. The molecule has 0 saturated carbocycles. The van der Waals surface area contributed by atoms with E-state index in [1.165, 1.54) is 6.42 Å². The maximum absolute atomic E-state index is 11.8. The summed E-state index contributed by atoms with van der Waals surface area (Å²) in [5, 5.41) is 16.2. The van der Waals surface area contributed by atoms with Crippen molar-refractivity contribution in [3.8, 4) is 5.75 Å². The Kier molecular flexibility index (Phi) is 18.3. The maximum atomic E-state index is 11.8. The zero-order chi connectivity index (χ0) is 21.1. The summed E-state index contributed by atoms with van der Waals surface area (Å²) < 4.78 is 5.17. The van der Waals surface area contributed by atoms with Crippen LogP contribution in [-0.4, -0.2) is 29.3 Å².